The van der Waals surface area contributed by atoms with Crippen LogP contribution in [-0.4, -0.2) is 77.8 Å². The smallest absolute Gasteiger partial charge is 0.413 e. The lowest BCUT2D eigenvalue weighted by Crippen LogP contribution is -2.60. The van der Waals surface area contributed by atoms with E-state index in [0.29, 0.717) is 23.5 Å². The summed E-state index contributed by atoms with van der Waals surface area (Å²) in [5, 5.41) is 1.60. The summed E-state index contributed by atoms with van der Waals surface area (Å²) in [5.41, 5.74) is 1.35. The number of amides is 2. The van der Waals surface area contributed by atoms with Crippen molar-refractivity contribution >= 4 is 29.7 Å². The number of carbonyl (C=O) groups excluding carboxylic acids is 3. The Labute approximate surface area is 271 Å². The molecular weight excluding hydrogens is 641 g/mol. The number of nitrogens with zero attached hydrogens (tertiary/aromatic N) is 4. The molecule has 3 aliphatic rings. The first-order valence-electron chi connectivity index (χ1n) is 14.8. The highest BCUT2D eigenvalue weighted by molar-refractivity contribution is 7.98. The van der Waals surface area contributed by atoms with Crippen LogP contribution in [0.4, 0.5) is 18.0 Å². The van der Waals surface area contributed by atoms with Gasteiger partial charge in [-0.15, -0.1) is 11.8 Å². The number of hydrogen-bond acceptors (Lipinski definition) is 9. The minimum absolute atomic E-state index is 0.225. The van der Waals surface area contributed by atoms with Crippen molar-refractivity contribution in [3.8, 4) is 5.75 Å². The second kappa shape index (κ2) is 12.9. The van der Waals surface area contributed by atoms with Crippen LogP contribution in [0.25, 0.3) is 0 Å². The number of methoxy groups -OCH3 is 1. The van der Waals surface area contributed by atoms with E-state index in [2.05, 4.69) is 0 Å². The molecular formula is C32H31F3N4O7S. The zero-order valence-electron chi connectivity index (χ0n) is 25.4. The molecule has 3 aliphatic heterocycles. The number of likely N-dealkylation sites (tertiary alicyclic amines) is 1. The lowest BCUT2D eigenvalue weighted by molar-refractivity contribution is -0.173. The molecule has 0 saturated carbocycles. The summed E-state index contributed by atoms with van der Waals surface area (Å²) < 4.78 is 59.6. The van der Waals surface area contributed by atoms with Crippen LogP contribution in [0.15, 0.2) is 70.5 Å². The van der Waals surface area contributed by atoms with E-state index in [1.807, 2.05) is 48.5 Å². The lowest BCUT2D eigenvalue weighted by Gasteiger charge is -2.46. The van der Waals surface area contributed by atoms with Crippen LogP contribution in [0, 0.1) is 0 Å². The molecule has 2 aromatic carbocycles. The summed E-state index contributed by atoms with van der Waals surface area (Å²) in [4.78, 5) is 54.7. The van der Waals surface area contributed by atoms with Gasteiger partial charge in [0.2, 0.25) is 18.0 Å². The highest BCUT2D eigenvalue weighted by Gasteiger charge is 2.48. The fraction of sp³-hybridized carbons (Fsp3) is 0.375. The third-order valence-electron chi connectivity index (χ3n) is 8.60. The molecule has 0 spiro atoms. The Hall–Kier alpha value is -4.66. The average molecular weight is 673 g/mol. The minimum atomic E-state index is -4.78. The van der Waals surface area contributed by atoms with Crippen LogP contribution in [0.2, 0.25) is 0 Å². The maximum Gasteiger partial charge on any atom is 0.413 e. The first kappa shape index (κ1) is 32.3. The maximum absolute atomic E-state index is 14.2. The summed E-state index contributed by atoms with van der Waals surface area (Å²) in [5.74, 6) is -1.66. The second-order valence-electron chi connectivity index (χ2n) is 11.3. The first-order chi connectivity index (χ1) is 22.5. The van der Waals surface area contributed by atoms with Crippen LogP contribution < -0.4 is 15.2 Å². The van der Waals surface area contributed by atoms with E-state index in [1.54, 1.807) is 16.8 Å². The van der Waals surface area contributed by atoms with Gasteiger partial charge in [-0.3, -0.25) is 24.2 Å². The Morgan fingerprint density at radius 2 is 1.77 bits per heavy atom. The van der Waals surface area contributed by atoms with E-state index < -0.39 is 72.6 Å². The molecule has 11 nitrogen and oxygen atoms in total. The molecule has 0 bridgehead atoms. The van der Waals surface area contributed by atoms with Gasteiger partial charge in [0.25, 0.3) is 5.91 Å². The van der Waals surface area contributed by atoms with Crippen LogP contribution in [-0.2, 0) is 20.0 Å². The Bertz CT molecular complexity index is 1720. The highest BCUT2D eigenvalue weighted by atomic mass is 32.2. The second-order valence-corrected chi connectivity index (χ2v) is 12.3. The number of benzene rings is 2. The fourth-order valence-electron chi connectivity index (χ4n) is 6.17. The average Bonchev–Trinajstić information content (AvgIpc) is 3.49. The van der Waals surface area contributed by atoms with Crippen LogP contribution in [0.1, 0.15) is 53.0 Å². The van der Waals surface area contributed by atoms with Gasteiger partial charge in [-0.25, -0.2) is 9.59 Å². The molecule has 0 unspecified atom stereocenters. The van der Waals surface area contributed by atoms with Gasteiger partial charge >= 0.3 is 18.2 Å². The topological polar surface area (TPSA) is 111 Å². The van der Waals surface area contributed by atoms with Crippen molar-refractivity contribution in [1.82, 2.24) is 14.5 Å². The number of fused-ring (bicyclic) bond motifs is 3. The molecule has 0 N–H and O–H groups in total. The largest absolute Gasteiger partial charge is 0.467 e. The molecule has 1 fully saturated rings. The number of rotatable bonds is 6. The monoisotopic (exact) mass is 672 g/mol. The van der Waals surface area contributed by atoms with Gasteiger partial charge in [-0.05, 0) is 42.5 Å². The molecule has 3 aromatic rings. The van der Waals surface area contributed by atoms with Crippen LogP contribution in [0.5, 0.6) is 5.75 Å². The number of carbonyl (C=O) groups is 3. The molecule has 2 amide bonds. The molecule has 0 radical (unpaired) electrons. The Kier molecular flexibility index (Phi) is 8.83. The number of ether oxygens (including phenoxy) is 3. The summed E-state index contributed by atoms with van der Waals surface area (Å²) >= 11 is 1.59. The van der Waals surface area contributed by atoms with Crippen molar-refractivity contribution < 1.29 is 41.8 Å². The fourth-order valence-corrected chi connectivity index (χ4v) is 7.26. The van der Waals surface area contributed by atoms with E-state index in [0.717, 1.165) is 34.6 Å². The quantitative estimate of drug-likeness (QED) is 0.273. The molecule has 0 aliphatic carbocycles. The van der Waals surface area contributed by atoms with Gasteiger partial charge in [-0.2, -0.15) is 13.2 Å². The predicted molar refractivity (Wildman–Crippen MR) is 163 cm³/mol. The summed E-state index contributed by atoms with van der Waals surface area (Å²) in [6, 6.07) is 12.5. The number of aromatic nitrogens is 1. The van der Waals surface area contributed by atoms with Crippen molar-refractivity contribution in [2.75, 3.05) is 32.1 Å². The minimum Gasteiger partial charge on any atom is -0.467 e. The Balaban J connectivity index is 1.41. The summed E-state index contributed by atoms with van der Waals surface area (Å²) in [6.45, 7) is -0.203. The molecule has 47 heavy (non-hydrogen) atoms. The molecule has 4 heterocycles. The van der Waals surface area contributed by atoms with Crippen LogP contribution in [0.3, 0.4) is 0 Å². The first-order valence-corrected chi connectivity index (χ1v) is 15.8. The predicted octanol–water partition coefficient (Wildman–Crippen LogP) is 4.66. The molecule has 3 atom stereocenters. The van der Waals surface area contributed by atoms with Crippen LogP contribution >= 0.6 is 11.8 Å². The van der Waals surface area contributed by atoms with Gasteiger partial charge in [0.1, 0.15) is 18.8 Å². The van der Waals surface area contributed by atoms with Crippen molar-refractivity contribution in [2.45, 2.75) is 54.7 Å². The van der Waals surface area contributed by atoms with Gasteiger partial charge in [0.15, 0.2) is 5.69 Å². The molecule has 1 saturated heterocycles. The maximum atomic E-state index is 14.2. The normalized spacial score (nSPS) is 19.7. The molecule has 248 valence electrons. The number of esters is 1. The molecule has 15 heteroatoms. The number of thioether (sulfide) groups is 1. The Morgan fingerprint density at radius 3 is 2.51 bits per heavy atom. The summed E-state index contributed by atoms with van der Waals surface area (Å²) in [7, 11) is 1.20. The van der Waals surface area contributed by atoms with E-state index in [4.69, 9.17) is 14.2 Å². The zero-order valence-corrected chi connectivity index (χ0v) is 26.3. The third kappa shape index (κ3) is 5.99. The number of pyridine rings is 1. The molecule has 6 rings (SSSR count). The van der Waals surface area contributed by atoms with Crippen molar-refractivity contribution in [2.24, 2.45) is 0 Å². The summed E-state index contributed by atoms with van der Waals surface area (Å²) in [6.07, 6.45) is -3.45. The van der Waals surface area contributed by atoms with E-state index in [9.17, 15) is 32.3 Å². The number of hydrogen-bond donors (Lipinski definition) is 0. The highest BCUT2D eigenvalue weighted by Crippen LogP contribution is 2.43. The van der Waals surface area contributed by atoms with E-state index in [1.165, 1.54) is 22.9 Å². The number of alkyl halides is 3. The van der Waals surface area contributed by atoms with Gasteiger partial charge in [0.05, 0.1) is 13.2 Å². The number of halogens is 3. The van der Waals surface area contributed by atoms with Gasteiger partial charge < -0.3 is 19.1 Å². The van der Waals surface area contributed by atoms with Crippen molar-refractivity contribution in [1.29, 1.82) is 0 Å². The molecule has 1 aromatic heterocycles. The zero-order chi connectivity index (χ0) is 33.5. The lowest BCUT2D eigenvalue weighted by atomic mass is 9.94. The Morgan fingerprint density at radius 1 is 1.04 bits per heavy atom. The van der Waals surface area contributed by atoms with Gasteiger partial charge in [0, 0.05) is 29.5 Å². The third-order valence-corrected chi connectivity index (χ3v) is 9.74. The SMILES string of the molecule is COC(=O)[C@@H]1CCCN1C(=O)OCOc1c2n(ccc1=O)N([C@H]1c3ccccc3CSc3ccccc31)CN([C@H](C)C(F)(F)F)C2=O. The van der Waals surface area contributed by atoms with E-state index >= 15 is 0 Å². The standard InChI is InChI=1S/C32H31F3N4O7S/c1-19(32(33,34)35)37-17-39(26-21-9-4-3-8-20(21)16-47-25-12-6-5-10-22(25)26)38-15-13-24(40)28(27(38)29(37)41)45-18-46-31(43)36-14-7-11-23(36)30(42)44-2/h3-6,8-10,12-13,15,19,23,26H,7,11,14,16-18H2,1-2H3/t19-,23+,26+/m1/s1. The van der Waals surface area contributed by atoms with E-state index in [-0.39, 0.29) is 6.54 Å². The van der Waals surface area contributed by atoms with Crippen molar-refractivity contribution in [3.05, 3.63) is 93.4 Å². The van der Waals surface area contributed by atoms with Gasteiger partial charge in [-0.1, -0.05) is 42.5 Å². The van der Waals surface area contributed by atoms with Crippen molar-refractivity contribution in [3.63, 3.8) is 0 Å².